The van der Waals surface area contributed by atoms with Gasteiger partial charge in [0.05, 0.1) is 4.88 Å². The molecule has 2 aliphatic rings. The zero-order valence-corrected chi connectivity index (χ0v) is 12.6. The van der Waals surface area contributed by atoms with Crippen LogP contribution in [0.4, 0.5) is 0 Å². The number of amides is 1. The third-order valence-corrected chi connectivity index (χ3v) is 6.07. The van der Waals surface area contributed by atoms with Crippen LogP contribution in [0.25, 0.3) is 10.4 Å². The van der Waals surface area contributed by atoms with Gasteiger partial charge in [-0.15, -0.1) is 11.3 Å². The lowest BCUT2D eigenvalue weighted by atomic mass is 9.95. The molecule has 4 heterocycles. The van der Waals surface area contributed by atoms with E-state index in [1.165, 1.54) is 23.3 Å². The highest BCUT2D eigenvalue weighted by molar-refractivity contribution is 7.17. The highest BCUT2D eigenvalue weighted by Gasteiger charge is 2.39. The van der Waals surface area contributed by atoms with Crippen molar-refractivity contribution >= 4 is 28.6 Å². The molecule has 2 N–H and O–H groups in total. The van der Waals surface area contributed by atoms with E-state index in [-0.39, 0.29) is 5.91 Å². The van der Waals surface area contributed by atoms with E-state index < -0.39 is 0 Å². The monoisotopic (exact) mass is 304 g/mol. The van der Waals surface area contributed by atoms with E-state index >= 15 is 0 Å². The van der Waals surface area contributed by atoms with Crippen molar-refractivity contribution in [1.82, 2.24) is 10.6 Å². The standard InChI is InChI=1S/C15H16N2OS2/c18-15(17-12-7-10-1-2-11(12)16-10)14-4-3-13(20-14)9-5-6-19-8-9/h3-6,8,10-12,16H,1-2,7H2,(H,17,18)/t10-,11+,12?/m1/s1. The predicted octanol–water partition coefficient (Wildman–Crippen LogP) is 3.10. The summed E-state index contributed by atoms with van der Waals surface area (Å²) in [6.07, 6.45) is 3.54. The van der Waals surface area contributed by atoms with Crippen molar-refractivity contribution < 1.29 is 4.79 Å². The van der Waals surface area contributed by atoms with Crippen LogP contribution in [0.3, 0.4) is 0 Å². The predicted molar refractivity (Wildman–Crippen MR) is 83.4 cm³/mol. The number of rotatable bonds is 3. The summed E-state index contributed by atoms with van der Waals surface area (Å²) in [5.74, 6) is 0.0795. The zero-order chi connectivity index (χ0) is 13.5. The molecule has 2 saturated heterocycles. The second kappa shape index (κ2) is 4.98. The van der Waals surface area contributed by atoms with E-state index in [2.05, 4.69) is 27.5 Å². The summed E-state index contributed by atoms with van der Waals surface area (Å²) in [7, 11) is 0. The summed E-state index contributed by atoms with van der Waals surface area (Å²) in [4.78, 5) is 14.3. The number of hydrogen-bond acceptors (Lipinski definition) is 4. The molecule has 4 rings (SSSR count). The van der Waals surface area contributed by atoms with Gasteiger partial charge in [-0.25, -0.2) is 0 Å². The van der Waals surface area contributed by atoms with Crippen LogP contribution in [0, 0.1) is 0 Å². The first kappa shape index (κ1) is 12.6. The van der Waals surface area contributed by atoms with E-state index in [0.717, 1.165) is 11.3 Å². The molecule has 2 bridgehead atoms. The minimum atomic E-state index is 0.0795. The maximum atomic E-state index is 12.3. The Morgan fingerprint density at radius 1 is 1.30 bits per heavy atom. The van der Waals surface area contributed by atoms with Crippen molar-refractivity contribution in [2.24, 2.45) is 0 Å². The largest absolute Gasteiger partial charge is 0.347 e. The number of carbonyl (C=O) groups excluding carboxylic acids is 1. The van der Waals surface area contributed by atoms with Crippen molar-refractivity contribution in [3.63, 3.8) is 0 Å². The van der Waals surface area contributed by atoms with Gasteiger partial charge in [-0.05, 0) is 48.2 Å². The molecule has 5 heteroatoms. The van der Waals surface area contributed by atoms with Gasteiger partial charge in [0.1, 0.15) is 0 Å². The van der Waals surface area contributed by atoms with Crippen molar-refractivity contribution in [2.45, 2.75) is 37.4 Å². The van der Waals surface area contributed by atoms with E-state index in [9.17, 15) is 4.79 Å². The number of fused-ring (bicyclic) bond motifs is 2. The Morgan fingerprint density at radius 3 is 2.95 bits per heavy atom. The van der Waals surface area contributed by atoms with Crippen molar-refractivity contribution in [2.75, 3.05) is 0 Å². The Morgan fingerprint density at radius 2 is 2.25 bits per heavy atom. The van der Waals surface area contributed by atoms with Gasteiger partial charge in [-0.2, -0.15) is 11.3 Å². The Hall–Kier alpha value is -1.17. The summed E-state index contributed by atoms with van der Waals surface area (Å²) in [6.45, 7) is 0. The van der Waals surface area contributed by atoms with Gasteiger partial charge in [0.15, 0.2) is 0 Å². The lowest BCUT2D eigenvalue weighted by Gasteiger charge is -2.20. The number of thiophene rings is 2. The molecule has 1 amide bonds. The smallest absolute Gasteiger partial charge is 0.261 e. The van der Waals surface area contributed by atoms with E-state index in [4.69, 9.17) is 0 Å². The molecule has 0 aliphatic carbocycles. The average Bonchev–Trinajstić information content (AvgIpc) is 3.21. The fourth-order valence-electron chi connectivity index (χ4n) is 3.24. The van der Waals surface area contributed by atoms with Crippen LogP contribution in [-0.2, 0) is 0 Å². The van der Waals surface area contributed by atoms with E-state index in [1.54, 1.807) is 22.7 Å². The summed E-state index contributed by atoms with van der Waals surface area (Å²) in [5, 5.41) is 10.9. The van der Waals surface area contributed by atoms with Crippen LogP contribution in [0.15, 0.2) is 29.0 Å². The fraction of sp³-hybridized carbons (Fsp3) is 0.400. The summed E-state index contributed by atoms with van der Waals surface area (Å²) in [6, 6.07) is 7.50. The van der Waals surface area contributed by atoms with E-state index in [0.29, 0.717) is 18.1 Å². The van der Waals surface area contributed by atoms with Crippen LogP contribution in [0.2, 0.25) is 0 Å². The molecule has 2 aromatic heterocycles. The molecule has 3 nitrogen and oxygen atoms in total. The average molecular weight is 304 g/mol. The lowest BCUT2D eigenvalue weighted by Crippen LogP contribution is -2.42. The zero-order valence-electron chi connectivity index (χ0n) is 11.0. The summed E-state index contributed by atoms with van der Waals surface area (Å²) in [5.41, 5.74) is 1.21. The molecular formula is C15H16N2OS2. The third-order valence-electron chi connectivity index (χ3n) is 4.25. The first-order valence-electron chi connectivity index (χ1n) is 6.99. The molecule has 104 valence electrons. The van der Waals surface area contributed by atoms with Gasteiger partial charge < -0.3 is 10.6 Å². The fourth-order valence-corrected chi connectivity index (χ4v) is 4.88. The van der Waals surface area contributed by atoms with Gasteiger partial charge in [-0.3, -0.25) is 4.79 Å². The molecule has 0 aromatic carbocycles. The van der Waals surface area contributed by atoms with Gasteiger partial charge in [0.25, 0.3) is 5.91 Å². The van der Waals surface area contributed by atoms with Crippen LogP contribution >= 0.6 is 22.7 Å². The Kier molecular flexibility index (Phi) is 3.13. The second-order valence-corrected chi connectivity index (χ2v) is 7.40. The van der Waals surface area contributed by atoms with Gasteiger partial charge in [0, 0.05) is 28.6 Å². The van der Waals surface area contributed by atoms with Crippen molar-refractivity contribution in [3.8, 4) is 10.4 Å². The molecule has 1 unspecified atom stereocenters. The molecule has 2 aromatic rings. The maximum Gasteiger partial charge on any atom is 0.261 e. The van der Waals surface area contributed by atoms with Crippen LogP contribution in [-0.4, -0.2) is 24.0 Å². The SMILES string of the molecule is O=C(NC1C[C@H]2CC[C@@H]1N2)c1ccc(-c2ccsc2)s1. The van der Waals surface area contributed by atoms with Crippen LogP contribution in [0.1, 0.15) is 28.9 Å². The summed E-state index contributed by atoms with van der Waals surface area (Å²) < 4.78 is 0. The van der Waals surface area contributed by atoms with Crippen molar-refractivity contribution in [3.05, 3.63) is 33.8 Å². The summed E-state index contributed by atoms with van der Waals surface area (Å²) >= 11 is 3.26. The molecule has 0 spiro atoms. The Balaban J connectivity index is 1.46. The van der Waals surface area contributed by atoms with Crippen LogP contribution < -0.4 is 10.6 Å². The molecule has 0 saturated carbocycles. The van der Waals surface area contributed by atoms with Gasteiger partial charge >= 0.3 is 0 Å². The van der Waals surface area contributed by atoms with Gasteiger partial charge in [0.2, 0.25) is 0 Å². The highest BCUT2D eigenvalue weighted by atomic mass is 32.1. The highest BCUT2D eigenvalue weighted by Crippen LogP contribution is 2.31. The molecule has 2 aliphatic heterocycles. The Labute approximate surface area is 126 Å². The topological polar surface area (TPSA) is 41.1 Å². The number of carbonyl (C=O) groups is 1. The minimum Gasteiger partial charge on any atom is -0.347 e. The first-order valence-corrected chi connectivity index (χ1v) is 8.75. The normalized spacial score (nSPS) is 27.9. The molecule has 20 heavy (non-hydrogen) atoms. The minimum absolute atomic E-state index is 0.0795. The maximum absolute atomic E-state index is 12.3. The van der Waals surface area contributed by atoms with E-state index in [1.807, 2.05) is 12.1 Å². The first-order chi connectivity index (χ1) is 9.79. The molecule has 0 radical (unpaired) electrons. The molecule has 2 fully saturated rings. The Bertz CT molecular complexity index is 620. The second-order valence-electron chi connectivity index (χ2n) is 5.54. The molecular weight excluding hydrogens is 288 g/mol. The third kappa shape index (κ3) is 2.20. The lowest BCUT2D eigenvalue weighted by molar-refractivity contribution is 0.0935. The number of nitrogens with one attached hydrogen (secondary N) is 2. The van der Waals surface area contributed by atoms with Crippen LogP contribution in [0.5, 0.6) is 0 Å². The molecule has 3 atom stereocenters. The van der Waals surface area contributed by atoms with Crippen molar-refractivity contribution in [1.29, 1.82) is 0 Å². The quantitative estimate of drug-likeness (QED) is 0.915. The number of hydrogen-bond donors (Lipinski definition) is 2. The van der Waals surface area contributed by atoms with Gasteiger partial charge in [-0.1, -0.05) is 0 Å².